The number of aromatic nitrogens is 1. The van der Waals surface area contributed by atoms with E-state index < -0.39 is 0 Å². The molecule has 1 amide bonds. The summed E-state index contributed by atoms with van der Waals surface area (Å²) in [4.78, 5) is 23.7. The Hall–Kier alpha value is -2.21. The van der Waals surface area contributed by atoms with Gasteiger partial charge in [-0.2, -0.15) is 0 Å². The Labute approximate surface area is 133 Å². The highest BCUT2D eigenvalue weighted by Crippen LogP contribution is 2.27. The third-order valence-corrected chi connectivity index (χ3v) is 4.42. The third kappa shape index (κ3) is 3.33. The lowest BCUT2D eigenvalue weighted by molar-refractivity contribution is -0.123. The molecule has 0 saturated carbocycles. The molecule has 0 N–H and O–H groups in total. The molecule has 3 rings (SSSR count). The summed E-state index contributed by atoms with van der Waals surface area (Å²) in [6.07, 6.45) is 2.90. The van der Waals surface area contributed by atoms with Crippen LogP contribution in [0, 0.1) is 0 Å². The average molecular weight is 315 g/mol. The van der Waals surface area contributed by atoms with Gasteiger partial charge in [-0.3, -0.25) is 4.79 Å². The molecule has 0 radical (unpaired) electrons. The molecule has 1 aliphatic rings. The molecule has 22 heavy (non-hydrogen) atoms. The molecule has 1 atom stereocenters. The van der Waals surface area contributed by atoms with Crippen LogP contribution >= 0.6 is 11.3 Å². The fraction of sp³-hybridized carbons (Fsp3) is 0.312. The van der Waals surface area contributed by atoms with Crippen LogP contribution in [-0.4, -0.2) is 35.1 Å². The van der Waals surface area contributed by atoms with Gasteiger partial charge in [0.2, 0.25) is 0 Å². The highest BCUT2D eigenvalue weighted by atomic mass is 32.1. The minimum atomic E-state index is -0.160. The summed E-state index contributed by atoms with van der Waals surface area (Å²) in [5.41, 5.74) is 1.52. The van der Waals surface area contributed by atoms with Crippen molar-refractivity contribution >= 4 is 23.0 Å². The first-order valence-corrected chi connectivity index (χ1v) is 8.03. The van der Waals surface area contributed by atoms with Crippen LogP contribution in [0.4, 0.5) is 0 Å². The highest BCUT2D eigenvalue weighted by Gasteiger charge is 2.28. The van der Waals surface area contributed by atoms with Gasteiger partial charge in [-0.05, 0) is 5.56 Å². The number of carbonyl (C=O) groups is 1. The van der Waals surface area contributed by atoms with Crippen LogP contribution < -0.4 is 0 Å². The number of thiazole rings is 1. The predicted octanol–water partition coefficient (Wildman–Crippen LogP) is 2.66. The fourth-order valence-corrected chi connectivity index (χ4v) is 2.92. The molecule has 114 valence electrons. The van der Waals surface area contributed by atoms with Gasteiger partial charge in [0.15, 0.2) is 6.10 Å². The van der Waals surface area contributed by atoms with Gasteiger partial charge in [0.05, 0.1) is 5.01 Å². The van der Waals surface area contributed by atoms with Crippen molar-refractivity contribution in [3.63, 3.8) is 0 Å². The van der Waals surface area contributed by atoms with E-state index in [1.807, 2.05) is 35.7 Å². The van der Waals surface area contributed by atoms with E-state index in [9.17, 15) is 4.79 Å². The van der Waals surface area contributed by atoms with Crippen LogP contribution in [-0.2, 0) is 16.1 Å². The van der Waals surface area contributed by atoms with Crippen molar-refractivity contribution in [3.05, 3.63) is 52.5 Å². The van der Waals surface area contributed by atoms with Crippen molar-refractivity contribution in [3.8, 4) is 0 Å². The molecule has 6 heteroatoms. The van der Waals surface area contributed by atoms with E-state index in [-0.39, 0.29) is 12.0 Å². The van der Waals surface area contributed by atoms with Gasteiger partial charge >= 0.3 is 0 Å². The molecular weight excluding hydrogens is 298 g/mol. The number of amides is 1. The maximum atomic E-state index is 12.4. The quantitative estimate of drug-likeness (QED) is 0.852. The van der Waals surface area contributed by atoms with Crippen molar-refractivity contribution in [1.29, 1.82) is 0 Å². The van der Waals surface area contributed by atoms with E-state index in [1.54, 1.807) is 29.5 Å². The molecule has 1 aliphatic heterocycles. The monoisotopic (exact) mass is 315 g/mol. The summed E-state index contributed by atoms with van der Waals surface area (Å²) in [6.45, 7) is 0.626. The Bertz CT molecular complexity index is 655. The molecule has 5 nitrogen and oxygen atoms in total. The maximum absolute atomic E-state index is 12.4. The van der Waals surface area contributed by atoms with Crippen LogP contribution in [0.15, 0.2) is 47.1 Å². The zero-order valence-corrected chi connectivity index (χ0v) is 13.1. The molecule has 1 aromatic carbocycles. The van der Waals surface area contributed by atoms with Gasteiger partial charge < -0.3 is 9.74 Å². The van der Waals surface area contributed by atoms with Crippen molar-refractivity contribution in [2.24, 2.45) is 5.16 Å². The molecule has 2 aromatic rings. The lowest BCUT2D eigenvalue weighted by Gasteiger charge is -2.15. The first-order chi connectivity index (χ1) is 10.7. The van der Waals surface area contributed by atoms with Gasteiger partial charge in [-0.15, -0.1) is 11.3 Å². The number of hydrogen-bond donors (Lipinski definition) is 0. The molecule has 0 unspecified atom stereocenters. The first kappa shape index (κ1) is 14.7. The molecule has 0 saturated heterocycles. The molecule has 0 spiro atoms. The van der Waals surface area contributed by atoms with E-state index in [1.165, 1.54) is 0 Å². The molecule has 2 heterocycles. The summed E-state index contributed by atoms with van der Waals surface area (Å²) in [5.74, 6) is -0.0741. The molecule has 1 aromatic heterocycles. The summed E-state index contributed by atoms with van der Waals surface area (Å²) in [6, 6.07) is 9.84. The standard InChI is InChI=1S/C16H17N3O2S/c1-19(9-7-15-17-8-10-22-15)16(20)13-11-14(21-18-13)12-5-3-2-4-6-12/h2-6,8,10,14H,7,9,11H2,1H3/t14-/m1/s1. The summed E-state index contributed by atoms with van der Waals surface area (Å²) >= 11 is 1.60. The first-order valence-electron chi connectivity index (χ1n) is 7.15. The zero-order chi connectivity index (χ0) is 15.4. The van der Waals surface area contributed by atoms with Crippen molar-refractivity contribution < 1.29 is 9.63 Å². The number of rotatable bonds is 5. The lowest BCUT2D eigenvalue weighted by Crippen LogP contribution is -2.34. The minimum Gasteiger partial charge on any atom is -0.387 e. The zero-order valence-electron chi connectivity index (χ0n) is 12.3. The number of oxime groups is 1. The second-order valence-corrected chi connectivity index (χ2v) is 6.13. The Morgan fingerprint density at radius 2 is 2.23 bits per heavy atom. The Morgan fingerprint density at radius 1 is 1.41 bits per heavy atom. The van der Waals surface area contributed by atoms with E-state index in [4.69, 9.17) is 4.84 Å². The van der Waals surface area contributed by atoms with Crippen molar-refractivity contribution in [2.45, 2.75) is 18.9 Å². The largest absolute Gasteiger partial charge is 0.387 e. The Balaban J connectivity index is 1.54. The second-order valence-electron chi connectivity index (χ2n) is 5.15. The van der Waals surface area contributed by atoms with E-state index in [0.29, 0.717) is 18.7 Å². The number of nitrogens with zero attached hydrogens (tertiary/aromatic N) is 3. The smallest absolute Gasteiger partial charge is 0.271 e. The fourth-order valence-electron chi connectivity index (χ4n) is 2.31. The topological polar surface area (TPSA) is 54.8 Å². The SMILES string of the molecule is CN(CCc1nccs1)C(=O)C1=NO[C@@H](c2ccccc2)C1. The average Bonchev–Trinajstić information content (AvgIpc) is 3.24. The Kier molecular flexibility index (Phi) is 4.48. The summed E-state index contributed by atoms with van der Waals surface area (Å²) in [5, 5.41) is 6.95. The second kappa shape index (κ2) is 6.70. The van der Waals surface area contributed by atoms with Crippen molar-refractivity contribution in [1.82, 2.24) is 9.88 Å². The normalized spacial score (nSPS) is 17.0. The third-order valence-electron chi connectivity index (χ3n) is 3.58. The van der Waals surface area contributed by atoms with E-state index >= 15 is 0 Å². The highest BCUT2D eigenvalue weighted by molar-refractivity contribution is 7.09. The molecule has 0 bridgehead atoms. The van der Waals surface area contributed by atoms with E-state index in [2.05, 4.69) is 10.1 Å². The van der Waals surface area contributed by atoms with Gasteiger partial charge in [0, 0.05) is 38.0 Å². The van der Waals surface area contributed by atoms with E-state index in [0.717, 1.165) is 17.0 Å². The van der Waals surface area contributed by atoms with Crippen molar-refractivity contribution in [2.75, 3.05) is 13.6 Å². The van der Waals surface area contributed by atoms with Crippen LogP contribution in [0.25, 0.3) is 0 Å². The van der Waals surface area contributed by atoms with Gasteiger partial charge in [0.1, 0.15) is 5.71 Å². The van der Waals surface area contributed by atoms with Crippen LogP contribution in [0.5, 0.6) is 0 Å². The number of benzene rings is 1. The van der Waals surface area contributed by atoms with Gasteiger partial charge in [0.25, 0.3) is 5.91 Å². The maximum Gasteiger partial charge on any atom is 0.271 e. The molecule has 0 aliphatic carbocycles. The van der Waals surface area contributed by atoms with Crippen LogP contribution in [0.3, 0.4) is 0 Å². The van der Waals surface area contributed by atoms with Gasteiger partial charge in [-0.25, -0.2) is 4.98 Å². The van der Waals surface area contributed by atoms with Crippen LogP contribution in [0.2, 0.25) is 0 Å². The molecule has 0 fully saturated rings. The van der Waals surface area contributed by atoms with Crippen LogP contribution in [0.1, 0.15) is 23.1 Å². The Morgan fingerprint density at radius 3 is 2.95 bits per heavy atom. The lowest BCUT2D eigenvalue weighted by atomic mass is 10.0. The number of hydrogen-bond acceptors (Lipinski definition) is 5. The number of carbonyl (C=O) groups excluding carboxylic acids is 1. The summed E-state index contributed by atoms with van der Waals surface area (Å²) < 4.78 is 0. The number of likely N-dealkylation sites (N-methyl/N-ethyl adjacent to an activating group) is 1. The summed E-state index contributed by atoms with van der Waals surface area (Å²) in [7, 11) is 1.79. The molecular formula is C16H17N3O2S. The minimum absolute atomic E-state index is 0.0741. The van der Waals surface area contributed by atoms with Gasteiger partial charge in [-0.1, -0.05) is 35.5 Å². The predicted molar refractivity (Wildman–Crippen MR) is 85.8 cm³/mol.